The number of hydrogen-bond acceptors (Lipinski definition) is 4. The standard InChI is InChI=1S/C8H18NO6P/c1-8(7(11)12,16(13,14)15)9(2)5-3-4-6-10/h10H,3-6H2,1-2H3,(H,11,12)(H2,13,14,15). The lowest BCUT2D eigenvalue weighted by Crippen LogP contribution is -2.50. The Morgan fingerprint density at radius 1 is 1.38 bits per heavy atom. The molecule has 0 aliphatic rings. The monoisotopic (exact) mass is 255 g/mol. The molecule has 1 atom stereocenters. The molecule has 0 radical (unpaired) electrons. The Morgan fingerprint density at radius 3 is 2.19 bits per heavy atom. The molecule has 1 unspecified atom stereocenters. The number of carboxylic acids is 1. The highest BCUT2D eigenvalue weighted by atomic mass is 31.2. The molecule has 0 saturated carbocycles. The van der Waals surface area contributed by atoms with E-state index in [4.69, 9.17) is 20.0 Å². The van der Waals surface area contributed by atoms with E-state index in [0.29, 0.717) is 12.8 Å². The fourth-order valence-corrected chi connectivity index (χ4v) is 1.98. The van der Waals surface area contributed by atoms with E-state index in [9.17, 15) is 9.36 Å². The predicted octanol–water partition coefficient (Wildman–Crippen LogP) is -0.331. The molecule has 8 heteroatoms. The normalized spacial score (nSPS) is 16.1. The van der Waals surface area contributed by atoms with Gasteiger partial charge in [-0.2, -0.15) is 0 Å². The molecule has 0 aromatic carbocycles. The van der Waals surface area contributed by atoms with Crippen LogP contribution in [0.5, 0.6) is 0 Å². The maximum atomic E-state index is 11.2. The van der Waals surface area contributed by atoms with Gasteiger partial charge in [0.2, 0.25) is 5.28 Å². The Hall–Kier alpha value is -0.460. The summed E-state index contributed by atoms with van der Waals surface area (Å²) in [4.78, 5) is 30.2. The first-order valence-corrected chi connectivity index (χ1v) is 6.40. The number of aliphatic hydroxyl groups excluding tert-OH is 1. The number of rotatable bonds is 7. The predicted molar refractivity (Wildman–Crippen MR) is 57.0 cm³/mol. The van der Waals surface area contributed by atoms with Crippen LogP contribution in [-0.4, -0.2) is 56.3 Å². The van der Waals surface area contributed by atoms with Gasteiger partial charge >= 0.3 is 13.6 Å². The Labute approximate surface area is 93.9 Å². The zero-order chi connectivity index (χ0) is 13.0. The summed E-state index contributed by atoms with van der Waals surface area (Å²) in [6.07, 6.45) is 0.928. The highest BCUT2D eigenvalue weighted by molar-refractivity contribution is 7.54. The topological polar surface area (TPSA) is 118 Å². The van der Waals surface area contributed by atoms with Gasteiger partial charge in [-0.1, -0.05) is 0 Å². The lowest BCUT2D eigenvalue weighted by atomic mass is 10.2. The summed E-state index contributed by atoms with van der Waals surface area (Å²) in [5.41, 5.74) is 0. The first-order chi connectivity index (χ1) is 7.17. The van der Waals surface area contributed by atoms with E-state index in [-0.39, 0.29) is 13.2 Å². The fourth-order valence-electron chi connectivity index (χ4n) is 1.19. The van der Waals surface area contributed by atoms with E-state index in [0.717, 1.165) is 11.8 Å². The van der Waals surface area contributed by atoms with Crippen LogP contribution < -0.4 is 0 Å². The van der Waals surface area contributed by atoms with Crippen molar-refractivity contribution in [3.05, 3.63) is 0 Å². The molecule has 96 valence electrons. The van der Waals surface area contributed by atoms with Gasteiger partial charge in [-0.15, -0.1) is 0 Å². The maximum Gasteiger partial charge on any atom is 0.356 e. The van der Waals surface area contributed by atoms with Gasteiger partial charge in [0.25, 0.3) is 0 Å². The first-order valence-electron chi connectivity index (χ1n) is 4.79. The molecule has 4 N–H and O–H groups in total. The summed E-state index contributed by atoms with van der Waals surface area (Å²) >= 11 is 0. The van der Waals surface area contributed by atoms with E-state index in [2.05, 4.69) is 0 Å². The summed E-state index contributed by atoms with van der Waals surface area (Å²) in [5, 5.41) is 15.3. The lowest BCUT2D eigenvalue weighted by Gasteiger charge is -2.34. The number of likely N-dealkylation sites (N-methyl/N-ethyl adjacent to an activating group) is 1. The van der Waals surface area contributed by atoms with Gasteiger partial charge in [-0.05, 0) is 33.4 Å². The van der Waals surface area contributed by atoms with Gasteiger partial charge in [-0.25, -0.2) is 4.79 Å². The molecule has 0 rings (SSSR count). The van der Waals surface area contributed by atoms with Crippen molar-refractivity contribution in [1.29, 1.82) is 0 Å². The van der Waals surface area contributed by atoms with Gasteiger partial charge in [0.15, 0.2) is 0 Å². The summed E-state index contributed by atoms with van der Waals surface area (Å²) < 4.78 is 11.2. The Balaban J connectivity index is 4.80. The lowest BCUT2D eigenvalue weighted by molar-refractivity contribution is -0.145. The van der Waals surface area contributed by atoms with Crippen molar-refractivity contribution in [1.82, 2.24) is 4.90 Å². The molecular weight excluding hydrogens is 237 g/mol. The SMILES string of the molecule is CN(CCCCO)C(C)(C(=O)O)P(=O)(O)O. The molecule has 0 aromatic heterocycles. The van der Waals surface area contributed by atoms with Crippen LogP contribution in [0.3, 0.4) is 0 Å². The average molecular weight is 255 g/mol. The third-order valence-electron chi connectivity index (χ3n) is 2.62. The van der Waals surface area contributed by atoms with Crippen molar-refractivity contribution in [2.24, 2.45) is 0 Å². The minimum atomic E-state index is -4.78. The van der Waals surface area contributed by atoms with Crippen LogP contribution in [0.15, 0.2) is 0 Å². The maximum absolute atomic E-state index is 11.2. The van der Waals surface area contributed by atoms with Crippen LogP contribution in [0, 0.1) is 0 Å². The number of aliphatic hydroxyl groups is 1. The third kappa shape index (κ3) is 3.26. The Bertz CT molecular complexity index is 290. The van der Waals surface area contributed by atoms with Crippen LogP contribution >= 0.6 is 7.60 Å². The summed E-state index contributed by atoms with van der Waals surface area (Å²) in [5.74, 6) is -1.56. The van der Waals surface area contributed by atoms with Crippen LogP contribution in [0.1, 0.15) is 19.8 Å². The minimum absolute atomic E-state index is 0.0342. The first kappa shape index (κ1) is 15.5. The molecule has 0 spiro atoms. The van der Waals surface area contributed by atoms with Crippen molar-refractivity contribution < 1.29 is 29.4 Å². The van der Waals surface area contributed by atoms with Crippen molar-refractivity contribution in [3.63, 3.8) is 0 Å². The third-order valence-corrected chi connectivity index (χ3v) is 4.28. The zero-order valence-electron chi connectivity index (χ0n) is 9.33. The Kier molecular flexibility index (Phi) is 5.58. The Morgan fingerprint density at radius 2 is 1.88 bits per heavy atom. The van der Waals surface area contributed by atoms with Crippen LogP contribution in [0.2, 0.25) is 0 Å². The second-order valence-corrected chi connectivity index (χ2v) is 5.68. The molecule has 0 saturated heterocycles. The van der Waals surface area contributed by atoms with Crippen molar-refractivity contribution in [2.45, 2.75) is 25.0 Å². The van der Waals surface area contributed by atoms with Gasteiger partial charge in [-0.3, -0.25) is 9.46 Å². The van der Waals surface area contributed by atoms with E-state index in [1.54, 1.807) is 0 Å². The molecular formula is C8H18NO6P. The van der Waals surface area contributed by atoms with E-state index >= 15 is 0 Å². The number of carboxylic acid groups (broad SMARTS) is 1. The number of unbranched alkanes of at least 4 members (excludes halogenated alkanes) is 1. The number of aliphatic carboxylic acids is 1. The molecule has 0 amide bonds. The summed E-state index contributed by atoms with van der Waals surface area (Å²) in [6.45, 7) is 1.15. The molecule has 0 aliphatic carbocycles. The average Bonchev–Trinajstić information content (AvgIpc) is 2.14. The van der Waals surface area contributed by atoms with E-state index < -0.39 is 18.8 Å². The summed E-state index contributed by atoms with van der Waals surface area (Å²) in [6, 6.07) is 0. The zero-order valence-corrected chi connectivity index (χ0v) is 10.2. The van der Waals surface area contributed by atoms with Crippen LogP contribution in [0.25, 0.3) is 0 Å². The van der Waals surface area contributed by atoms with Crippen molar-refractivity contribution >= 4 is 13.6 Å². The molecule has 0 aromatic rings. The van der Waals surface area contributed by atoms with Crippen LogP contribution in [-0.2, 0) is 9.36 Å². The number of hydrogen-bond donors (Lipinski definition) is 4. The number of carbonyl (C=O) groups is 1. The van der Waals surface area contributed by atoms with E-state index in [1.807, 2.05) is 0 Å². The van der Waals surface area contributed by atoms with Gasteiger partial charge < -0.3 is 20.0 Å². The van der Waals surface area contributed by atoms with Gasteiger partial charge in [0.1, 0.15) is 0 Å². The highest BCUT2D eigenvalue weighted by Gasteiger charge is 2.52. The highest BCUT2D eigenvalue weighted by Crippen LogP contribution is 2.51. The van der Waals surface area contributed by atoms with Gasteiger partial charge in [0, 0.05) is 6.61 Å². The fraction of sp³-hybridized carbons (Fsp3) is 0.875. The van der Waals surface area contributed by atoms with E-state index in [1.165, 1.54) is 7.05 Å². The second-order valence-electron chi connectivity index (χ2n) is 3.72. The van der Waals surface area contributed by atoms with Crippen molar-refractivity contribution in [3.8, 4) is 0 Å². The molecule has 0 bridgehead atoms. The molecule has 0 fully saturated rings. The van der Waals surface area contributed by atoms with Crippen molar-refractivity contribution in [2.75, 3.05) is 20.2 Å². The molecule has 16 heavy (non-hydrogen) atoms. The van der Waals surface area contributed by atoms with Crippen LogP contribution in [0.4, 0.5) is 0 Å². The molecule has 0 aliphatic heterocycles. The second kappa shape index (κ2) is 5.75. The van der Waals surface area contributed by atoms with Gasteiger partial charge in [0.05, 0.1) is 0 Å². The molecule has 7 nitrogen and oxygen atoms in total. The largest absolute Gasteiger partial charge is 0.479 e. The smallest absolute Gasteiger partial charge is 0.356 e. The summed E-state index contributed by atoms with van der Waals surface area (Å²) in [7, 11) is -3.45. The molecule has 0 heterocycles. The minimum Gasteiger partial charge on any atom is -0.479 e. The number of nitrogens with zero attached hydrogens (tertiary/aromatic N) is 1. The quantitative estimate of drug-likeness (QED) is 0.363.